The first-order valence-corrected chi connectivity index (χ1v) is 16.5. The van der Waals surface area contributed by atoms with Gasteiger partial charge >= 0.3 is 0 Å². The quantitative estimate of drug-likeness (QED) is 0.0945. The zero-order valence-electron chi connectivity index (χ0n) is 22.2. The zero-order valence-corrected chi connectivity index (χ0v) is 25.5. The van der Waals surface area contributed by atoms with Crippen LogP contribution in [0.2, 0.25) is 0 Å². The standard InChI is InChI=1S/C32H24N2O4S4/c35-17-21-3-11-29(39-21)25-7-8-26(30-12-4-22(18-36)40-30)33(25)15-1-2-16-34-27(31-13-5-23(19-37)41-31)9-10-28(34)32-14-6-24(20-38)42-32/h3-14,17-20H,1-2,15-16H2. The van der Waals surface area contributed by atoms with E-state index in [0.29, 0.717) is 19.5 Å². The smallest absolute Gasteiger partial charge is 0.160 e. The van der Waals surface area contributed by atoms with Gasteiger partial charge in [-0.1, -0.05) is 0 Å². The molecule has 6 rings (SSSR count). The summed E-state index contributed by atoms with van der Waals surface area (Å²) in [5, 5.41) is 0. The molecular weight excluding hydrogens is 605 g/mol. The molecule has 0 saturated carbocycles. The van der Waals surface area contributed by atoms with Crippen molar-refractivity contribution in [1.82, 2.24) is 9.13 Å². The molecule has 0 spiro atoms. The van der Waals surface area contributed by atoms with Gasteiger partial charge in [-0.25, -0.2) is 0 Å². The van der Waals surface area contributed by atoms with E-state index in [2.05, 4.69) is 33.4 Å². The van der Waals surface area contributed by atoms with E-state index in [1.165, 1.54) is 45.3 Å². The third-order valence-electron chi connectivity index (χ3n) is 6.96. The van der Waals surface area contributed by atoms with Crippen LogP contribution in [0.1, 0.15) is 51.5 Å². The third-order valence-corrected chi connectivity index (χ3v) is 11.1. The second-order valence-electron chi connectivity index (χ2n) is 9.50. The number of rotatable bonds is 13. The fourth-order valence-electron chi connectivity index (χ4n) is 5.03. The van der Waals surface area contributed by atoms with Gasteiger partial charge in [0.25, 0.3) is 0 Å². The van der Waals surface area contributed by atoms with E-state index < -0.39 is 0 Å². The summed E-state index contributed by atoms with van der Waals surface area (Å²) in [6, 6.07) is 23.6. The largest absolute Gasteiger partial charge is 0.339 e. The maximum atomic E-state index is 11.4. The number of aldehydes is 4. The normalized spacial score (nSPS) is 11.1. The molecule has 210 valence electrons. The Kier molecular flexibility index (Phi) is 8.38. The topological polar surface area (TPSA) is 78.1 Å². The minimum absolute atomic E-state index is 0.684. The van der Waals surface area contributed by atoms with Gasteiger partial charge in [-0.2, -0.15) is 0 Å². The molecule has 0 N–H and O–H groups in total. The van der Waals surface area contributed by atoms with Crippen LogP contribution in [-0.2, 0) is 13.1 Å². The Morgan fingerprint density at radius 1 is 0.405 bits per heavy atom. The molecule has 42 heavy (non-hydrogen) atoms. The molecule has 6 aromatic heterocycles. The van der Waals surface area contributed by atoms with E-state index >= 15 is 0 Å². The van der Waals surface area contributed by atoms with Gasteiger partial charge in [0.15, 0.2) is 25.1 Å². The van der Waals surface area contributed by atoms with E-state index in [4.69, 9.17) is 0 Å². The Labute approximate surface area is 258 Å². The van der Waals surface area contributed by atoms with Gasteiger partial charge in [-0.3, -0.25) is 19.2 Å². The summed E-state index contributed by atoms with van der Waals surface area (Å²) >= 11 is 5.88. The number of aromatic nitrogens is 2. The fourth-order valence-corrected chi connectivity index (χ4v) is 8.46. The molecule has 6 aromatic rings. The van der Waals surface area contributed by atoms with E-state index in [0.717, 1.165) is 93.4 Å². The number of hydrogen-bond donors (Lipinski definition) is 0. The Balaban J connectivity index is 1.28. The summed E-state index contributed by atoms with van der Waals surface area (Å²) in [4.78, 5) is 52.3. The summed E-state index contributed by atoms with van der Waals surface area (Å²) in [6.07, 6.45) is 5.28. The van der Waals surface area contributed by atoms with Crippen LogP contribution in [0.25, 0.3) is 42.3 Å². The molecule has 0 fully saturated rings. The van der Waals surface area contributed by atoms with Crippen molar-refractivity contribution in [3.63, 3.8) is 0 Å². The SMILES string of the molecule is O=Cc1ccc(-c2ccc(-c3ccc(C=O)s3)n2CCCCn2c(-c3ccc(C=O)s3)ccc2-c2ccc(C=O)s2)s1. The number of carbonyl (C=O) groups excluding carboxylic acids is 4. The van der Waals surface area contributed by atoms with Gasteiger partial charge in [-0.15, -0.1) is 45.3 Å². The lowest BCUT2D eigenvalue weighted by molar-refractivity contribution is 0.111. The first-order chi connectivity index (χ1) is 20.6. The number of hydrogen-bond acceptors (Lipinski definition) is 8. The van der Waals surface area contributed by atoms with Gasteiger partial charge < -0.3 is 9.13 Å². The molecule has 0 saturated heterocycles. The van der Waals surface area contributed by atoms with Crippen LogP contribution in [-0.4, -0.2) is 34.3 Å². The minimum atomic E-state index is 0.684. The molecule has 0 atom stereocenters. The lowest BCUT2D eigenvalue weighted by Crippen LogP contribution is -2.05. The summed E-state index contributed by atoms with van der Waals surface area (Å²) < 4.78 is 4.56. The van der Waals surface area contributed by atoms with Crippen LogP contribution in [0, 0.1) is 0 Å². The average Bonchev–Trinajstić information content (AvgIpc) is 3.86. The van der Waals surface area contributed by atoms with Crippen molar-refractivity contribution in [3.05, 3.63) is 92.3 Å². The highest BCUT2D eigenvalue weighted by molar-refractivity contribution is 7.18. The van der Waals surface area contributed by atoms with Gasteiger partial charge in [0, 0.05) is 13.1 Å². The van der Waals surface area contributed by atoms with Crippen LogP contribution >= 0.6 is 45.3 Å². The molecular formula is C32H24N2O4S4. The number of thiophene rings is 4. The predicted molar refractivity (Wildman–Crippen MR) is 173 cm³/mol. The van der Waals surface area contributed by atoms with Crippen LogP contribution in [0.3, 0.4) is 0 Å². The maximum Gasteiger partial charge on any atom is 0.160 e. The highest BCUT2D eigenvalue weighted by Crippen LogP contribution is 2.37. The summed E-state index contributed by atoms with van der Waals surface area (Å²) in [5.41, 5.74) is 4.19. The highest BCUT2D eigenvalue weighted by Gasteiger charge is 2.17. The average molecular weight is 629 g/mol. The number of carbonyl (C=O) groups is 4. The predicted octanol–water partition coefficient (Wildman–Crippen LogP) is 8.93. The van der Waals surface area contributed by atoms with Crippen molar-refractivity contribution in [1.29, 1.82) is 0 Å². The molecule has 0 aliphatic heterocycles. The Morgan fingerprint density at radius 2 is 0.667 bits per heavy atom. The van der Waals surface area contributed by atoms with Crippen molar-refractivity contribution in [3.8, 4) is 42.3 Å². The first-order valence-electron chi connectivity index (χ1n) is 13.2. The summed E-state index contributed by atoms with van der Waals surface area (Å²) in [5.74, 6) is 0. The van der Waals surface area contributed by atoms with E-state index in [1.807, 2.05) is 48.5 Å². The van der Waals surface area contributed by atoms with E-state index in [9.17, 15) is 19.2 Å². The molecule has 0 aliphatic rings. The summed E-state index contributed by atoms with van der Waals surface area (Å²) in [6.45, 7) is 1.52. The molecule has 0 radical (unpaired) electrons. The first kappa shape index (κ1) is 28.2. The van der Waals surface area contributed by atoms with Gasteiger partial charge in [-0.05, 0) is 85.6 Å². The molecule has 0 aromatic carbocycles. The lowest BCUT2D eigenvalue weighted by atomic mass is 10.2. The zero-order chi connectivity index (χ0) is 29.1. The van der Waals surface area contributed by atoms with Gasteiger partial charge in [0.2, 0.25) is 0 Å². The maximum absolute atomic E-state index is 11.4. The molecule has 0 amide bonds. The molecule has 0 aliphatic carbocycles. The minimum Gasteiger partial charge on any atom is -0.339 e. The van der Waals surface area contributed by atoms with E-state index in [-0.39, 0.29) is 0 Å². The van der Waals surface area contributed by atoms with E-state index in [1.54, 1.807) is 0 Å². The van der Waals surface area contributed by atoms with Crippen LogP contribution in [0.5, 0.6) is 0 Å². The van der Waals surface area contributed by atoms with Crippen LogP contribution in [0.4, 0.5) is 0 Å². The van der Waals surface area contributed by atoms with Crippen molar-refractivity contribution >= 4 is 70.5 Å². The molecule has 0 unspecified atom stereocenters. The van der Waals surface area contributed by atoms with Crippen molar-refractivity contribution in [2.24, 2.45) is 0 Å². The Morgan fingerprint density at radius 3 is 0.881 bits per heavy atom. The fraction of sp³-hybridized carbons (Fsp3) is 0.125. The molecule has 0 bridgehead atoms. The third kappa shape index (κ3) is 5.58. The second kappa shape index (κ2) is 12.5. The van der Waals surface area contributed by atoms with Gasteiger partial charge in [0.1, 0.15) is 0 Å². The molecule has 6 nitrogen and oxygen atoms in total. The molecule has 10 heteroatoms. The Hall–Kier alpha value is -3.96. The van der Waals surface area contributed by atoms with Crippen molar-refractivity contribution in [2.45, 2.75) is 25.9 Å². The number of nitrogens with zero attached hydrogens (tertiary/aromatic N) is 2. The van der Waals surface area contributed by atoms with Crippen LogP contribution < -0.4 is 0 Å². The molecule has 6 heterocycles. The lowest BCUT2D eigenvalue weighted by Gasteiger charge is -2.15. The highest BCUT2D eigenvalue weighted by atomic mass is 32.1. The second-order valence-corrected chi connectivity index (χ2v) is 14.0. The number of unbranched alkanes of at least 4 members (excludes halogenated alkanes) is 1. The van der Waals surface area contributed by atoms with Crippen molar-refractivity contribution in [2.75, 3.05) is 0 Å². The monoisotopic (exact) mass is 628 g/mol. The van der Waals surface area contributed by atoms with Gasteiger partial charge in [0.05, 0.1) is 61.8 Å². The van der Waals surface area contributed by atoms with Crippen molar-refractivity contribution < 1.29 is 19.2 Å². The Bertz CT molecular complexity index is 1630. The summed E-state index contributed by atoms with van der Waals surface area (Å²) in [7, 11) is 0. The van der Waals surface area contributed by atoms with Crippen LogP contribution in [0.15, 0.2) is 72.8 Å².